The number of aliphatic carboxylic acids is 1. The molecule has 3 aromatic carbocycles. The molecule has 14 heteroatoms. The van der Waals surface area contributed by atoms with Crippen molar-refractivity contribution in [3.8, 4) is 17.6 Å². The highest BCUT2D eigenvalue weighted by Crippen LogP contribution is 2.45. The van der Waals surface area contributed by atoms with Crippen LogP contribution in [-0.4, -0.2) is 55.1 Å². The molecule has 4 unspecified atom stereocenters. The largest absolute Gasteiger partial charge is 0.488 e. The first-order valence-electron chi connectivity index (χ1n) is 16.1. The molecule has 0 amide bonds. The van der Waals surface area contributed by atoms with Gasteiger partial charge in [-0.3, -0.25) is 20.2 Å². The second-order valence-electron chi connectivity index (χ2n) is 12.2. The Morgan fingerprint density at radius 3 is 2.63 bits per heavy atom. The molecule has 51 heavy (non-hydrogen) atoms. The number of carboxylic acid groups (broad SMARTS) is 1. The fraction of sp³-hybridized carbons (Fsp3) is 0.297. The first kappa shape index (κ1) is 36.4. The summed E-state index contributed by atoms with van der Waals surface area (Å²) in [5.41, 5.74) is 2.73. The van der Waals surface area contributed by atoms with Crippen molar-refractivity contribution in [2.75, 3.05) is 6.61 Å². The first-order chi connectivity index (χ1) is 24.5. The maximum Gasteiger partial charge on any atom is 0.323 e. The lowest BCUT2D eigenvalue weighted by Crippen LogP contribution is -2.44. The number of nitro benzene ring substituents is 1. The average molecular weight is 696 g/mol. The summed E-state index contributed by atoms with van der Waals surface area (Å²) in [6, 6.07) is 17.9. The molecular formula is C37H37N5O9. The summed E-state index contributed by atoms with van der Waals surface area (Å²) in [4.78, 5) is 28.1. The molecule has 0 radical (unpaired) electrons. The number of allylic oxidation sites excluding steroid dienone is 3. The standard InChI is InChI=1S/C37H37N5O9/c1-22-8-4-5-11-28(22)29-12-7-13-37(23(29)2,36-40-33(19-43)51-41-36)21-50-32-16-31(49-20-26-10-6-9-25(14-26)17-38)27(15-30(32)42(47)48)18-39-34(24(3)44)35(45)46/h4-16,23-24,34,39,43-44H,18-21H2,1-3H3,(H,45,46). The van der Waals surface area contributed by atoms with Gasteiger partial charge in [-0.05, 0) is 48.2 Å². The van der Waals surface area contributed by atoms with Crippen molar-refractivity contribution >= 4 is 17.2 Å². The van der Waals surface area contributed by atoms with Crippen LogP contribution >= 0.6 is 0 Å². The van der Waals surface area contributed by atoms with E-state index in [1.165, 1.54) is 19.1 Å². The Kier molecular flexibility index (Phi) is 11.3. The number of hydrogen-bond acceptors (Lipinski definition) is 12. The predicted octanol–water partition coefficient (Wildman–Crippen LogP) is 4.76. The number of aliphatic hydroxyl groups is 2. The van der Waals surface area contributed by atoms with E-state index in [-0.39, 0.29) is 54.5 Å². The SMILES string of the molecule is Cc1ccccc1C1=CC=CC(COc2cc(OCc3cccc(C#N)c3)c(CNC(C(=O)O)C(C)O)cc2[N+](=O)[O-])(c2noc(CO)n2)C1C. The number of nitrogens with one attached hydrogen (secondary N) is 1. The smallest absolute Gasteiger partial charge is 0.323 e. The van der Waals surface area contributed by atoms with Gasteiger partial charge in [-0.2, -0.15) is 10.2 Å². The van der Waals surface area contributed by atoms with E-state index in [0.29, 0.717) is 11.1 Å². The third-order valence-electron chi connectivity index (χ3n) is 8.90. The molecule has 4 N–H and O–H groups in total. The van der Waals surface area contributed by atoms with E-state index < -0.39 is 40.7 Å². The number of nitriles is 1. The highest BCUT2D eigenvalue weighted by molar-refractivity contribution is 5.75. The van der Waals surface area contributed by atoms with Gasteiger partial charge < -0.3 is 29.3 Å². The van der Waals surface area contributed by atoms with Gasteiger partial charge in [0.1, 0.15) is 31.6 Å². The van der Waals surface area contributed by atoms with E-state index in [2.05, 4.69) is 21.5 Å². The molecule has 0 bridgehead atoms. The van der Waals surface area contributed by atoms with Crippen molar-refractivity contribution in [1.29, 1.82) is 5.26 Å². The Hall–Kier alpha value is -5.88. The van der Waals surface area contributed by atoms with Crippen molar-refractivity contribution in [3.05, 3.63) is 129 Å². The first-order valence-corrected chi connectivity index (χ1v) is 16.1. The topological polar surface area (TPSA) is 214 Å². The molecule has 0 spiro atoms. The molecule has 0 aliphatic heterocycles. The minimum Gasteiger partial charge on any atom is -0.488 e. The van der Waals surface area contributed by atoms with Crippen molar-refractivity contribution in [3.63, 3.8) is 0 Å². The maximum atomic E-state index is 12.5. The lowest BCUT2D eigenvalue weighted by molar-refractivity contribution is -0.386. The van der Waals surface area contributed by atoms with Crippen LogP contribution in [0.3, 0.4) is 0 Å². The molecule has 5 rings (SSSR count). The Morgan fingerprint density at radius 1 is 1.18 bits per heavy atom. The lowest BCUT2D eigenvalue weighted by atomic mass is 9.68. The molecule has 4 aromatic rings. The number of rotatable bonds is 15. The van der Waals surface area contributed by atoms with Crippen LogP contribution in [0.1, 0.15) is 53.4 Å². The third-order valence-corrected chi connectivity index (χ3v) is 8.90. The molecule has 1 heterocycles. The molecule has 1 aliphatic rings. The molecule has 1 aromatic heterocycles. The number of aliphatic hydroxyl groups excluding tert-OH is 2. The number of nitro groups is 1. The van der Waals surface area contributed by atoms with Crippen LogP contribution in [0.15, 0.2) is 83.4 Å². The van der Waals surface area contributed by atoms with Crippen molar-refractivity contribution < 1.29 is 39.0 Å². The van der Waals surface area contributed by atoms with Crippen LogP contribution in [0.5, 0.6) is 11.5 Å². The summed E-state index contributed by atoms with van der Waals surface area (Å²) >= 11 is 0. The Morgan fingerprint density at radius 2 is 1.96 bits per heavy atom. The van der Waals surface area contributed by atoms with Crippen LogP contribution in [0.2, 0.25) is 0 Å². The molecule has 1 aliphatic carbocycles. The van der Waals surface area contributed by atoms with Gasteiger partial charge in [0.25, 0.3) is 5.89 Å². The summed E-state index contributed by atoms with van der Waals surface area (Å²) < 4.78 is 17.7. The second kappa shape index (κ2) is 15.8. The van der Waals surface area contributed by atoms with E-state index >= 15 is 0 Å². The van der Waals surface area contributed by atoms with Crippen molar-refractivity contribution in [2.45, 2.75) is 58.1 Å². The molecule has 4 atom stereocenters. The van der Waals surface area contributed by atoms with Crippen LogP contribution in [-0.2, 0) is 30.0 Å². The number of benzene rings is 3. The van der Waals surface area contributed by atoms with Gasteiger partial charge in [0.05, 0.1) is 28.1 Å². The lowest BCUT2D eigenvalue weighted by Gasteiger charge is -2.37. The minimum atomic E-state index is -1.37. The van der Waals surface area contributed by atoms with Gasteiger partial charge in [-0.25, -0.2) is 0 Å². The summed E-state index contributed by atoms with van der Waals surface area (Å²) in [6.45, 7) is 4.36. The summed E-state index contributed by atoms with van der Waals surface area (Å²) in [6.07, 6.45) is 4.40. The maximum absolute atomic E-state index is 12.5. The van der Waals surface area contributed by atoms with Gasteiger partial charge in [0, 0.05) is 30.2 Å². The minimum absolute atomic E-state index is 0.00665. The third kappa shape index (κ3) is 7.97. The zero-order chi connectivity index (χ0) is 36.7. The molecular weight excluding hydrogens is 658 g/mol. The molecule has 0 saturated heterocycles. The summed E-state index contributed by atoms with van der Waals surface area (Å²) in [5.74, 6) is -1.44. The van der Waals surface area contributed by atoms with E-state index in [4.69, 9.17) is 14.0 Å². The van der Waals surface area contributed by atoms with Gasteiger partial charge in [-0.1, -0.05) is 66.7 Å². The Bertz CT molecular complexity index is 2020. The van der Waals surface area contributed by atoms with Crippen molar-refractivity contribution in [1.82, 2.24) is 15.5 Å². The number of carboxylic acids is 1. The molecule has 0 saturated carbocycles. The number of aromatic nitrogens is 2. The summed E-state index contributed by atoms with van der Waals surface area (Å²) in [5, 5.41) is 58.0. The normalized spacial score (nSPS) is 18.0. The van der Waals surface area contributed by atoms with Crippen LogP contribution < -0.4 is 14.8 Å². The van der Waals surface area contributed by atoms with E-state index in [9.17, 15) is 35.5 Å². The molecule has 14 nitrogen and oxygen atoms in total. The highest BCUT2D eigenvalue weighted by Gasteiger charge is 2.45. The number of aryl methyl sites for hydroxylation is 1. The Labute approximate surface area is 293 Å². The number of ether oxygens (including phenoxy) is 2. The van der Waals surface area contributed by atoms with Gasteiger partial charge in [-0.15, -0.1) is 0 Å². The van der Waals surface area contributed by atoms with E-state index in [1.54, 1.807) is 24.3 Å². The van der Waals surface area contributed by atoms with Crippen LogP contribution in [0.4, 0.5) is 5.69 Å². The Balaban J connectivity index is 1.55. The number of carbonyl (C=O) groups is 1. The highest BCUT2D eigenvalue weighted by atomic mass is 16.6. The van der Waals surface area contributed by atoms with Crippen LogP contribution in [0, 0.1) is 34.3 Å². The van der Waals surface area contributed by atoms with Gasteiger partial charge in [0.2, 0.25) is 5.75 Å². The number of hydrogen-bond donors (Lipinski definition) is 4. The fourth-order valence-corrected chi connectivity index (χ4v) is 6.02. The predicted molar refractivity (Wildman–Crippen MR) is 183 cm³/mol. The second-order valence-corrected chi connectivity index (χ2v) is 12.2. The zero-order valence-corrected chi connectivity index (χ0v) is 28.1. The van der Waals surface area contributed by atoms with E-state index in [0.717, 1.165) is 16.7 Å². The quantitative estimate of drug-likeness (QED) is 0.0976. The van der Waals surface area contributed by atoms with Crippen molar-refractivity contribution in [2.24, 2.45) is 5.92 Å². The molecule has 264 valence electrons. The van der Waals surface area contributed by atoms with E-state index in [1.807, 2.05) is 56.3 Å². The van der Waals surface area contributed by atoms with Gasteiger partial charge >= 0.3 is 11.7 Å². The zero-order valence-electron chi connectivity index (χ0n) is 28.1. The van der Waals surface area contributed by atoms with Crippen LogP contribution in [0.25, 0.3) is 5.57 Å². The summed E-state index contributed by atoms with van der Waals surface area (Å²) in [7, 11) is 0. The fourth-order valence-electron chi connectivity index (χ4n) is 6.02. The average Bonchev–Trinajstić information content (AvgIpc) is 3.61. The van der Waals surface area contributed by atoms with Gasteiger partial charge in [0.15, 0.2) is 5.82 Å². The molecule has 0 fully saturated rings. The number of nitrogens with zero attached hydrogens (tertiary/aromatic N) is 4. The monoisotopic (exact) mass is 695 g/mol.